The van der Waals surface area contributed by atoms with E-state index < -0.39 is 0 Å². The Labute approximate surface area is 182 Å². The zero-order valence-corrected chi connectivity index (χ0v) is 18.6. The summed E-state index contributed by atoms with van der Waals surface area (Å²) < 4.78 is 24.5. The summed E-state index contributed by atoms with van der Waals surface area (Å²) in [6.07, 6.45) is 6.61. The van der Waals surface area contributed by atoms with Gasteiger partial charge < -0.3 is 24.1 Å². The second-order valence-electron chi connectivity index (χ2n) is 9.23. The average molecular weight is 421 g/mol. The average Bonchev–Trinajstić information content (AvgIpc) is 3.06. The molecule has 2 aromatic rings. The fraction of sp³-hybridized carbons (Fsp3) is 0.385. The molecule has 0 amide bonds. The molecule has 1 N–H and O–H groups in total. The van der Waals surface area contributed by atoms with Crippen LogP contribution in [0, 0.1) is 0 Å². The van der Waals surface area contributed by atoms with E-state index in [0.717, 1.165) is 33.8 Å². The van der Waals surface area contributed by atoms with Crippen LogP contribution in [0.5, 0.6) is 28.7 Å². The number of hydrogen-bond acceptors (Lipinski definition) is 5. The number of rotatable bonds is 3. The van der Waals surface area contributed by atoms with Crippen molar-refractivity contribution < 1.29 is 24.1 Å². The van der Waals surface area contributed by atoms with Crippen molar-refractivity contribution in [1.29, 1.82) is 0 Å². The van der Waals surface area contributed by atoms with Gasteiger partial charge in [-0.3, -0.25) is 0 Å². The number of phenolic OH excluding ortho intramolecular Hbond substituents is 1. The van der Waals surface area contributed by atoms with Gasteiger partial charge in [-0.2, -0.15) is 0 Å². The summed E-state index contributed by atoms with van der Waals surface area (Å²) in [5.41, 5.74) is 4.61. The van der Waals surface area contributed by atoms with Gasteiger partial charge in [0.05, 0.1) is 25.2 Å². The third-order valence-corrected chi connectivity index (χ3v) is 6.18. The summed E-state index contributed by atoms with van der Waals surface area (Å²) in [6, 6.07) is 5.82. The van der Waals surface area contributed by atoms with Crippen LogP contribution in [0.3, 0.4) is 0 Å². The molecule has 0 aromatic heterocycles. The van der Waals surface area contributed by atoms with Crippen LogP contribution in [0.4, 0.5) is 0 Å². The quantitative estimate of drug-likeness (QED) is 0.645. The number of hydrogen-bond donors (Lipinski definition) is 1. The third-order valence-electron chi connectivity index (χ3n) is 6.18. The standard InChI is InChI=1S/C26H28O5/c1-14(2)6-7-16-19(27)11-22-23(24(16)28-5)25-18(13-29-22)17-10-15-8-9-26(3,4)31-20(15)12-21(17)30-25/h6,8-12,18,25,27H,7,13H2,1-5H3/t18-,25-/m0/s1. The maximum Gasteiger partial charge on any atom is 0.141 e. The summed E-state index contributed by atoms with van der Waals surface area (Å²) in [4.78, 5) is 0. The molecule has 5 nitrogen and oxygen atoms in total. The molecule has 5 rings (SSSR count). The normalized spacial score (nSPS) is 21.5. The van der Waals surface area contributed by atoms with Crippen molar-refractivity contribution in [3.05, 3.63) is 58.2 Å². The molecule has 5 heteroatoms. The number of fused-ring (bicyclic) bond motifs is 6. The van der Waals surface area contributed by atoms with Crippen LogP contribution < -0.4 is 18.9 Å². The number of benzene rings is 2. The maximum atomic E-state index is 10.6. The first kappa shape index (κ1) is 19.9. The topological polar surface area (TPSA) is 57.2 Å². The lowest BCUT2D eigenvalue weighted by atomic mass is 9.86. The zero-order chi connectivity index (χ0) is 21.9. The summed E-state index contributed by atoms with van der Waals surface area (Å²) >= 11 is 0. The second kappa shape index (κ2) is 6.98. The van der Waals surface area contributed by atoms with E-state index in [9.17, 15) is 5.11 Å². The molecule has 0 fully saturated rings. The van der Waals surface area contributed by atoms with Crippen molar-refractivity contribution in [2.75, 3.05) is 13.7 Å². The van der Waals surface area contributed by atoms with Crippen molar-refractivity contribution in [3.63, 3.8) is 0 Å². The summed E-state index contributed by atoms with van der Waals surface area (Å²) in [7, 11) is 1.63. The lowest BCUT2D eigenvalue weighted by Gasteiger charge is -2.30. The van der Waals surface area contributed by atoms with Gasteiger partial charge >= 0.3 is 0 Å². The molecule has 0 bridgehead atoms. The Morgan fingerprint density at radius 1 is 1.19 bits per heavy atom. The molecule has 31 heavy (non-hydrogen) atoms. The first-order chi connectivity index (χ1) is 14.8. The molecule has 2 atom stereocenters. The molecule has 3 aliphatic rings. The van der Waals surface area contributed by atoms with Crippen LogP contribution in [0.1, 0.15) is 62.0 Å². The molecule has 0 saturated heterocycles. The number of ether oxygens (including phenoxy) is 4. The predicted molar refractivity (Wildman–Crippen MR) is 120 cm³/mol. The van der Waals surface area contributed by atoms with Crippen molar-refractivity contribution in [3.8, 4) is 28.7 Å². The Balaban J connectivity index is 1.59. The van der Waals surface area contributed by atoms with Gasteiger partial charge in [-0.25, -0.2) is 0 Å². The molecule has 0 saturated carbocycles. The highest BCUT2D eigenvalue weighted by Crippen LogP contribution is 2.57. The molecule has 0 aliphatic carbocycles. The highest BCUT2D eigenvalue weighted by atomic mass is 16.5. The number of methoxy groups -OCH3 is 1. The zero-order valence-electron chi connectivity index (χ0n) is 18.6. The van der Waals surface area contributed by atoms with Gasteiger partial charge in [0.15, 0.2) is 0 Å². The number of allylic oxidation sites excluding steroid dienone is 2. The number of aromatic hydroxyl groups is 1. The van der Waals surface area contributed by atoms with E-state index in [0.29, 0.717) is 24.5 Å². The molecule has 0 unspecified atom stereocenters. The molecule has 0 spiro atoms. The van der Waals surface area contributed by atoms with E-state index in [4.69, 9.17) is 18.9 Å². The van der Waals surface area contributed by atoms with E-state index in [1.54, 1.807) is 13.2 Å². The molecular formula is C26H28O5. The first-order valence-corrected chi connectivity index (χ1v) is 10.7. The van der Waals surface area contributed by atoms with E-state index in [-0.39, 0.29) is 23.4 Å². The van der Waals surface area contributed by atoms with Gasteiger partial charge in [-0.15, -0.1) is 0 Å². The Morgan fingerprint density at radius 2 is 2.00 bits per heavy atom. The van der Waals surface area contributed by atoms with Crippen LogP contribution in [0.15, 0.2) is 35.9 Å². The SMILES string of the molecule is COc1c(CC=C(C)C)c(O)cc2c1[C@H]1Oc3cc4c(cc3[C@@H]1CO2)C=CC(C)(C)O4. The Bertz CT molecular complexity index is 1120. The molecule has 3 aliphatic heterocycles. The lowest BCUT2D eigenvalue weighted by Crippen LogP contribution is -2.27. The van der Waals surface area contributed by atoms with Gasteiger partial charge in [0.25, 0.3) is 0 Å². The first-order valence-electron chi connectivity index (χ1n) is 10.7. The lowest BCUT2D eigenvalue weighted by molar-refractivity contribution is 0.134. The van der Waals surface area contributed by atoms with Crippen molar-refractivity contribution >= 4 is 6.08 Å². The van der Waals surface area contributed by atoms with Crippen molar-refractivity contribution in [2.24, 2.45) is 0 Å². The highest BCUT2D eigenvalue weighted by Gasteiger charge is 2.44. The minimum absolute atomic E-state index is 0.0471. The summed E-state index contributed by atoms with van der Waals surface area (Å²) in [6.45, 7) is 8.63. The highest BCUT2D eigenvalue weighted by molar-refractivity contribution is 5.67. The second-order valence-corrected chi connectivity index (χ2v) is 9.23. The van der Waals surface area contributed by atoms with Gasteiger partial charge in [0.1, 0.15) is 40.5 Å². The molecule has 0 radical (unpaired) electrons. The molecule has 162 valence electrons. The van der Waals surface area contributed by atoms with Crippen LogP contribution in [0.25, 0.3) is 6.08 Å². The van der Waals surface area contributed by atoms with Gasteiger partial charge in [-0.1, -0.05) is 17.7 Å². The Hall–Kier alpha value is -3.08. The minimum atomic E-state index is -0.344. The maximum absolute atomic E-state index is 10.6. The van der Waals surface area contributed by atoms with Gasteiger partial charge in [0, 0.05) is 28.8 Å². The van der Waals surface area contributed by atoms with E-state index in [2.05, 4.69) is 24.3 Å². The third kappa shape index (κ3) is 3.23. The summed E-state index contributed by atoms with van der Waals surface area (Å²) in [5.74, 6) is 3.12. The monoisotopic (exact) mass is 420 g/mol. The van der Waals surface area contributed by atoms with Gasteiger partial charge in [-0.05, 0) is 46.3 Å². The van der Waals surface area contributed by atoms with Crippen molar-refractivity contribution in [1.82, 2.24) is 0 Å². The molecular weight excluding hydrogens is 392 g/mol. The summed E-state index contributed by atoms with van der Waals surface area (Å²) in [5, 5.41) is 10.6. The smallest absolute Gasteiger partial charge is 0.141 e. The van der Waals surface area contributed by atoms with Crippen LogP contribution in [-0.4, -0.2) is 24.4 Å². The Morgan fingerprint density at radius 3 is 2.74 bits per heavy atom. The van der Waals surface area contributed by atoms with Crippen LogP contribution in [-0.2, 0) is 6.42 Å². The van der Waals surface area contributed by atoms with Gasteiger partial charge in [0.2, 0.25) is 0 Å². The van der Waals surface area contributed by atoms with E-state index in [1.807, 2.05) is 33.8 Å². The van der Waals surface area contributed by atoms with Crippen molar-refractivity contribution in [2.45, 2.75) is 51.7 Å². The fourth-order valence-electron chi connectivity index (χ4n) is 4.62. The molecule has 2 aromatic carbocycles. The van der Waals surface area contributed by atoms with E-state index >= 15 is 0 Å². The van der Waals surface area contributed by atoms with Crippen LogP contribution in [0.2, 0.25) is 0 Å². The molecule has 3 heterocycles. The van der Waals surface area contributed by atoms with E-state index in [1.165, 1.54) is 5.57 Å². The number of phenols is 1. The van der Waals surface area contributed by atoms with Crippen LogP contribution >= 0.6 is 0 Å². The largest absolute Gasteiger partial charge is 0.507 e. The predicted octanol–water partition coefficient (Wildman–Crippen LogP) is 5.70. The Kier molecular flexibility index (Phi) is 4.47. The minimum Gasteiger partial charge on any atom is -0.507 e. The fourth-order valence-corrected chi connectivity index (χ4v) is 4.62.